The number of hydrogen-bond acceptors (Lipinski definition) is 9. The zero-order valence-electron chi connectivity index (χ0n) is 20.0. The molecule has 3 N–H and O–H groups in total. The molecule has 0 spiro atoms. The Bertz CT molecular complexity index is 1260. The van der Waals surface area contributed by atoms with E-state index in [1.165, 1.54) is 25.1 Å². The Morgan fingerprint density at radius 2 is 2.11 bits per heavy atom. The van der Waals surface area contributed by atoms with Crippen molar-refractivity contribution in [3.63, 3.8) is 0 Å². The molecule has 36 heavy (non-hydrogen) atoms. The van der Waals surface area contributed by atoms with Gasteiger partial charge in [0, 0.05) is 44.4 Å². The number of rotatable bonds is 9. The van der Waals surface area contributed by atoms with E-state index in [2.05, 4.69) is 30.5 Å². The summed E-state index contributed by atoms with van der Waals surface area (Å²) < 4.78 is 19.9. The van der Waals surface area contributed by atoms with Crippen molar-refractivity contribution in [2.45, 2.75) is 17.9 Å². The molecule has 0 radical (unpaired) electrons. The number of nitrogens with zero attached hydrogens (tertiary/aromatic N) is 4. The Morgan fingerprint density at radius 3 is 2.94 bits per heavy atom. The van der Waals surface area contributed by atoms with Gasteiger partial charge in [0.1, 0.15) is 11.6 Å². The van der Waals surface area contributed by atoms with Crippen LogP contribution in [0, 0.1) is 17.7 Å². The lowest BCUT2D eigenvalue weighted by Crippen LogP contribution is -2.30. The number of likely N-dealkylation sites (tertiary alicyclic amines) is 1. The summed E-state index contributed by atoms with van der Waals surface area (Å²) in [6.45, 7) is 3.63. The number of hydrogen-bond donors (Lipinski definition) is 3. The monoisotopic (exact) mass is 512 g/mol. The summed E-state index contributed by atoms with van der Waals surface area (Å²) in [6, 6.07) is 7.46. The van der Waals surface area contributed by atoms with Crippen LogP contribution in [0.1, 0.15) is 11.3 Å². The molecule has 11 heteroatoms. The third-order valence-corrected chi connectivity index (χ3v) is 7.81. The standard InChI is InChI=1S/C25H29FN6O3S/c1-35-23-5-3-20-24(31-23)18(19(26)10-28-20)6-7-32-11-15(16(12-32)13-33)8-27-9-17-2-4-21-25(29-17)30-22(34)14-36-21/h2-5,10,15-16,27,33H,6-9,11-14H2,1H3,(H,29,30,34)/t15-,16+/m0/s1. The number of thioether (sulfide) groups is 1. The molecule has 9 nitrogen and oxygen atoms in total. The molecule has 3 aromatic rings. The van der Waals surface area contributed by atoms with E-state index in [0.29, 0.717) is 53.6 Å². The fraction of sp³-hybridized carbons (Fsp3) is 0.440. The molecule has 3 aromatic heterocycles. The number of halogens is 1. The van der Waals surface area contributed by atoms with Crippen LogP contribution in [0.2, 0.25) is 0 Å². The number of amides is 1. The van der Waals surface area contributed by atoms with Gasteiger partial charge in [0.25, 0.3) is 0 Å². The Balaban J connectivity index is 1.17. The third kappa shape index (κ3) is 5.44. The minimum atomic E-state index is -0.369. The first-order valence-corrected chi connectivity index (χ1v) is 13.0. The number of fused-ring (bicyclic) bond motifs is 2. The predicted octanol–water partition coefficient (Wildman–Crippen LogP) is 2.09. The van der Waals surface area contributed by atoms with E-state index >= 15 is 0 Å². The van der Waals surface area contributed by atoms with Crippen LogP contribution in [0.4, 0.5) is 10.2 Å². The molecule has 5 rings (SSSR count). The number of aromatic nitrogens is 3. The maximum Gasteiger partial charge on any atom is 0.235 e. The number of aliphatic hydroxyl groups is 1. The van der Waals surface area contributed by atoms with Crippen molar-refractivity contribution < 1.29 is 19.0 Å². The van der Waals surface area contributed by atoms with E-state index in [0.717, 1.165) is 30.2 Å². The number of carbonyl (C=O) groups is 1. The highest BCUT2D eigenvalue weighted by Crippen LogP contribution is 2.30. The number of nitrogens with one attached hydrogen (secondary N) is 2. The molecular weight excluding hydrogens is 483 g/mol. The van der Waals surface area contributed by atoms with Crippen LogP contribution in [-0.4, -0.2) is 76.5 Å². The molecule has 2 aliphatic heterocycles. The number of aliphatic hydroxyl groups excluding tert-OH is 1. The van der Waals surface area contributed by atoms with E-state index in [4.69, 9.17) is 4.74 Å². The van der Waals surface area contributed by atoms with Crippen LogP contribution >= 0.6 is 11.8 Å². The van der Waals surface area contributed by atoms with Gasteiger partial charge in [-0.15, -0.1) is 11.8 Å². The normalized spacial score (nSPS) is 19.9. The van der Waals surface area contributed by atoms with E-state index in [-0.39, 0.29) is 30.2 Å². The summed E-state index contributed by atoms with van der Waals surface area (Å²) in [6.07, 6.45) is 1.74. The van der Waals surface area contributed by atoms with E-state index in [9.17, 15) is 14.3 Å². The summed E-state index contributed by atoms with van der Waals surface area (Å²) in [5.41, 5.74) is 2.55. The lowest BCUT2D eigenvalue weighted by molar-refractivity contribution is -0.113. The average Bonchev–Trinajstić information content (AvgIpc) is 3.29. The van der Waals surface area contributed by atoms with Gasteiger partial charge in [-0.3, -0.25) is 9.78 Å². The maximum atomic E-state index is 14.7. The highest BCUT2D eigenvalue weighted by Gasteiger charge is 2.32. The Hall–Kier alpha value is -2.86. The molecule has 1 saturated heterocycles. The van der Waals surface area contributed by atoms with E-state index in [1.807, 2.05) is 12.1 Å². The van der Waals surface area contributed by atoms with Crippen molar-refractivity contribution in [3.05, 3.63) is 47.5 Å². The van der Waals surface area contributed by atoms with Crippen molar-refractivity contribution in [3.8, 4) is 5.88 Å². The largest absolute Gasteiger partial charge is 0.481 e. The smallest absolute Gasteiger partial charge is 0.235 e. The van der Waals surface area contributed by atoms with Gasteiger partial charge in [0.15, 0.2) is 0 Å². The molecule has 0 saturated carbocycles. The fourth-order valence-electron chi connectivity index (χ4n) is 4.84. The molecule has 5 heterocycles. The zero-order valence-corrected chi connectivity index (χ0v) is 20.9. The first-order chi connectivity index (χ1) is 17.5. The summed E-state index contributed by atoms with van der Waals surface area (Å²) in [4.78, 5) is 28.0. The molecule has 0 bridgehead atoms. The molecule has 2 atom stereocenters. The molecule has 0 aliphatic carbocycles. The molecule has 0 aromatic carbocycles. The number of ether oxygens (including phenoxy) is 1. The number of methoxy groups -OCH3 is 1. The minimum Gasteiger partial charge on any atom is -0.481 e. The van der Waals surface area contributed by atoms with E-state index in [1.54, 1.807) is 12.1 Å². The van der Waals surface area contributed by atoms with E-state index < -0.39 is 0 Å². The topological polar surface area (TPSA) is 113 Å². The minimum absolute atomic E-state index is 0.0310. The molecule has 1 fully saturated rings. The van der Waals surface area contributed by atoms with Crippen LogP contribution in [0.25, 0.3) is 11.0 Å². The Labute approximate surface area is 212 Å². The highest BCUT2D eigenvalue weighted by atomic mass is 32.2. The van der Waals surface area contributed by atoms with Gasteiger partial charge in [0.2, 0.25) is 11.8 Å². The Kier molecular flexibility index (Phi) is 7.61. The number of anilines is 1. The van der Waals surface area contributed by atoms with Crippen LogP contribution in [0.15, 0.2) is 35.4 Å². The number of pyridine rings is 3. The average molecular weight is 513 g/mol. The Morgan fingerprint density at radius 1 is 1.25 bits per heavy atom. The quantitative estimate of drug-likeness (QED) is 0.397. The van der Waals surface area contributed by atoms with Crippen molar-refractivity contribution in [2.24, 2.45) is 11.8 Å². The second-order valence-corrected chi connectivity index (χ2v) is 10.2. The fourth-order valence-corrected chi connectivity index (χ4v) is 5.60. The molecule has 2 aliphatic rings. The van der Waals surface area contributed by atoms with Gasteiger partial charge in [0.05, 0.1) is 40.7 Å². The van der Waals surface area contributed by atoms with Gasteiger partial charge in [-0.1, -0.05) is 0 Å². The summed E-state index contributed by atoms with van der Waals surface area (Å²) in [5.74, 6) is 1.48. The molecular formula is C25H29FN6O3S. The summed E-state index contributed by atoms with van der Waals surface area (Å²) in [7, 11) is 1.53. The lowest BCUT2D eigenvalue weighted by Gasteiger charge is -2.18. The summed E-state index contributed by atoms with van der Waals surface area (Å²) in [5, 5.41) is 16.2. The lowest BCUT2D eigenvalue weighted by atomic mass is 9.97. The zero-order chi connectivity index (χ0) is 25.1. The molecule has 190 valence electrons. The number of carbonyl (C=O) groups excluding carboxylic acids is 1. The van der Waals surface area contributed by atoms with Crippen molar-refractivity contribution in [1.82, 2.24) is 25.2 Å². The molecule has 0 unspecified atom stereocenters. The van der Waals surface area contributed by atoms with Gasteiger partial charge in [-0.05, 0) is 43.0 Å². The SMILES string of the molecule is COc1ccc2ncc(F)c(CCN3C[C@H](CO)[C@@H](CNCc4ccc5c(n4)NC(=O)CS5)C3)c2n1. The summed E-state index contributed by atoms with van der Waals surface area (Å²) >= 11 is 1.49. The van der Waals surface area contributed by atoms with Gasteiger partial charge < -0.3 is 25.4 Å². The highest BCUT2D eigenvalue weighted by molar-refractivity contribution is 8.00. The van der Waals surface area contributed by atoms with Gasteiger partial charge in [-0.2, -0.15) is 0 Å². The van der Waals surface area contributed by atoms with Crippen molar-refractivity contribution >= 4 is 34.5 Å². The van der Waals surface area contributed by atoms with Crippen LogP contribution in [0.5, 0.6) is 5.88 Å². The van der Waals surface area contributed by atoms with Crippen LogP contribution in [-0.2, 0) is 17.8 Å². The van der Waals surface area contributed by atoms with Gasteiger partial charge >= 0.3 is 0 Å². The van der Waals surface area contributed by atoms with Crippen molar-refractivity contribution in [2.75, 3.05) is 51.0 Å². The van der Waals surface area contributed by atoms with Crippen LogP contribution in [0.3, 0.4) is 0 Å². The maximum absolute atomic E-state index is 14.7. The van der Waals surface area contributed by atoms with Gasteiger partial charge in [-0.25, -0.2) is 14.4 Å². The van der Waals surface area contributed by atoms with Crippen molar-refractivity contribution in [1.29, 1.82) is 0 Å². The van der Waals surface area contributed by atoms with Crippen LogP contribution < -0.4 is 15.4 Å². The first kappa shape index (κ1) is 24.8. The first-order valence-electron chi connectivity index (χ1n) is 12.0. The third-order valence-electron chi connectivity index (χ3n) is 6.76. The second-order valence-electron chi connectivity index (χ2n) is 9.14. The molecule has 1 amide bonds. The predicted molar refractivity (Wildman–Crippen MR) is 136 cm³/mol. The second kappa shape index (κ2) is 11.0.